The molecule has 1 aromatic carbocycles. The van der Waals surface area contributed by atoms with Crippen molar-refractivity contribution in [2.45, 2.75) is 38.8 Å². The third-order valence-corrected chi connectivity index (χ3v) is 2.55. The third kappa shape index (κ3) is 4.21. The lowest BCUT2D eigenvalue weighted by Gasteiger charge is -2.11. The van der Waals surface area contributed by atoms with Gasteiger partial charge in [0.25, 0.3) is 0 Å². The number of nitrogens with two attached hydrogens (primary N) is 1. The summed E-state index contributed by atoms with van der Waals surface area (Å²) in [4.78, 5) is 0. The summed E-state index contributed by atoms with van der Waals surface area (Å²) in [5.74, 6) is 0.827. The van der Waals surface area contributed by atoms with Gasteiger partial charge in [0.15, 0.2) is 0 Å². The Morgan fingerprint density at radius 3 is 2.44 bits per heavy atom. The lowest BCUT2D eigenvalue weighted by Crippen LogP contribution is -2.09. The molecule has 0 saturated carbocycles. The van der Waals surface area contributed by atoms with E-state index in [1.54, 1.807) is 6.92 Å². The summed E-state index contributed by atoms with van der Waals surface area (Å²) in [5, 5.41) is 9.08. The number of hydrogen-bond acceptors (Lipinski definition) is 3. The Bertz CT molecular complexity index is 295. The summed E-state index contributed by atoms with van der Waals surface area (Å²) in [6.07, 6.45) is 1.27. The van der Waals surface area contributed by atoms with Crippen LogP contribution in [0, 0.1) is 0 Å². The van der Waals surface area contributed by atoms with Crippen molar-refractivity contribution in [2.75, 3.05) is 6.61 Å². The molecule has 0 spiro atoms. The van der Waals surface area contributed by atoms with E-state index in [1.165, 1.54) is 0 Å². The maximum atomic E-state index is 9.08. The fourth-order valence-electron chi connectivity index (χ4n) is 1.39. The molecule has 0 heterocycles. The molecule has 16 heavy (non-hydrogen) atoms. The molecule has 0 aromatic heterocycles. The van der Waals surface area contributed by atoms with E-state index in [4.69, 9.17) is 15.6 Å². The first-order valence-corrected chi connectivity index (χ1v) is 5.80. The second-order valence-electron chi connectivity index (χ2n) is 4.07. The van der Waals surface area contributed by atoms with Crippen LogP contribution in [0.15, 0.2) is 24.3 Å². The Morgan fingerprint density at radius 2 is 1.94 bits per heavy atom. The van der Waals surface area contributed by atoms with Crippen LogP contribution in [0.3, 0.4) is 0 Å². The molecule has 0 aliphatic rings. The van der Waals surface area contributed by atoms with Crippen LogP contribution in [0.2, 0.25) is 0 Å². The summed E-state index contributed by atoms with van der Waals surface area (Å²) >= 11 is 0. The molecule has 0 saturated heterocycles. The van der Waals surface area contributed by atoms with Crippen LogP contribution in [0.4, 0.5) is 0 Å². The van der Waals surface area contributed by atoms with Crippen LogP contribution in [-0.4, -0.2) is 17.8 Å². The van der Waals surface area contributed by atoms with Crippen molar-refractivity contribution in [1.29, 1.82) is 0 Å². The SMILES string of the molecule is CCC(N)c1ccc(OCCC(C)O)cc1. The average Bonchev–Trinajstić information content (AvgIpc) is 2.28. The van der Waals surface area contributed by atoms with Crippen molar-refractivity contribution in [3.8, 4) is 5.75 Å². The van der Waals surface area contributed by atoms with Gasteiger partial charge in [-0.1, -0.05) is 19.1 Å². The normalized spacial score (nSPS) is 14.5. The number of aliphatic hydroxyl groups is 1. The molecule has 3 nitrogen and oxygen atoms in total. The van der Waals surface area contributed by atoms with E-state index in [0.717, 1.165) is 17.7 Å². The first-order chi connectivity index (χ1) is 7.63. The van der Waals surface area contributed by atoms with Gasteiger partial charge in [-0.3, -0.25) is 0 Å². The Hall–Kier alpha value is -1.06. The summed E-state index contributed by atoms with van der Waals surface area (Å²) < 4.78 is 5.48. The van der Waals surface area contributed by atoms with Gasteiger partial charge in [0.1, 0.15) is 5.75 Å². The topological polar surface area (TPSA) is 55.5 Å². The molecule has 2 unspecified atom stereocenters. The van der Waals surface area contributed by atoms with E-state index >= 15 is 0 Å². The predicted octanol–water partition coefficient (Wildman–Crippen LogP) is 2.25. The largest absolute Gasteiger partial charge is 0.493 e. The molecular formula is C13H21NO2. The minimum Gasteiger partial charge on any atom is -0.493 e. The molecule has 1 rings (SSSR count). The molecule has 0 aliphatic carbocycles. The van der Waals surface area contributed by atoms with Gasteiger partial charge in [-0.2, -0.15) is 0 Å². The van der Waals surface area contributed by atoms with Crippen molar-refractivity contribution >= 4 is 0 Å². The average molecular weight is 223 g/mol. The standard InChI is InChI=1S/C13H21NO2/c1-3-13(14)11-4-6-12(7-5-11)16-9-8-10(2)15/h4-7,10,13,15H,3,8-9,14H2,1-2H3. The predicted molar refractivity (Wildman–Crippen MR) is 65.5 cm³/mol. The van der Waals surface area contributed by atoms with Crippen LogP contribution in [0.25, 0.3) is 0 Å². The fraction of sp³-hybridized carbons (Fsp3) is 0.538. The van der Waals surface area contributed by atoms with Crippen molar-refractivity contribution < 1.29 is 9.84 Å². The first-order valence-electron chi connectivity index (χ1n) is 5.80. The van der Waals surface area contributed by atoms with E-state index in [2.05, 4.69) is 6.92 Å². The van der Waals surface area contributed by atoms with Crippen molar-refractivity contribution in [1.82, 2.24) is 0 Å². The quantitative estimate of drug-likeness (QED) is 0.777. The molecule has 3 N–H and O–H groups in total. The highest BCUT2D eigenvalue weighted by atomic mass is 16.5. The van der Waals surface area contributed by atoms with Crippen molar-refractivity contribution in [3.05, 3.63) is 29.8 Å². The molecule has 0 amide bonds. The Kier molecular flexibility index (Phi) is 5.29. The number of rotatable bonds is 6. The Morgan fingerprint density at radius 1 is 1.31 bits per heavy atom. The number of benzene rings is 1. The lowest BCUT2D eigenvalue weighted by atomic mass is 10.1. The third-order valence-electron chi connectivity index (χ3n) is 2.55. The highest BCUT2D eigenvalue weighted by Crippen LogP contribution is 2.18. The molecular weight excluding hydrogens is 202 g/mol. The van der Waals surface area contributed by atoms with Gasteiger partial charge < -0.3 is 15.6 Å². The summed E-state index contributed by atoms with van der Waals surface area (Å²) in [7, 11) is 0. The summed E-state index contributed by atoms with van der Waals surface area (Å²) in [6, 6.07) is 7.93. The zero-order valence-corrected chi connectivity index (χ0v) is 10.0. The van der Waals surface area contributed by atoms with E-state index in [1.807, 2.05) is 24.3 Å². The van der Waals surface area contributed by atoms with Gasteiger partial charge >= 0.3 is 0 Å². The number of hydrogen-bond donors (Lipinski definition) is 2. The Labute approximate surface area is 97.2 Å². The van der Waals surface area contributed by atoms with Gasteiger partial charge in [0.2, 0.25) is 0 Å². The minimum atomic E-state index is -0.312. The summed E-state index contributed by atoms with van der Waals surface area (Å²) in [5.41, 5.74) is 7.04. The number of ether oxygens (including phenoxy) is 1. The smallest absolute Gasteiger partial charge is 0.119 e. The molecule has 1 aromatic rings. The number of aliphatic hydroxyl groups excluding tert-OH is 1. The monoisotopic (exact) mass is 223 g/mol. The molecule has 2 atom stereocenters. The van der Waals surface area contributed by atoms with Crippen molar-refractivity contribution in [3.63, 3.8) is 0 Å². The molecule has 0 fully saturated rings. The zero-order valence-electron chi connectivity index (χ0n) is 10.0. The zero-order chi connectivity index (χ0) is 12.0. The van der Waals surface area contributed by atoms with Crippen molar-refractivity contribution in [2.24, 2.45) is 5.73 Å². The molecule has 0 radical (unpaired) electrons. The summed E-state index contributed by atoms with van der Waals surface area (Å²) in [6.45, 7) is 4.36. The van der Waals surface area contributed by atoms with Gasteiger partial charge in [-0.05, 0) is 31.0 Å². The van der Waals surface area contributed by atoms with Crippen LogP contribution in [0.1, 0.15) is 38.3 Å². The molecule has 0 bridgehead atoms. The maximum absolute atomic E-state index is 9.08. The second-order valence-corrected chi connectivity index (χ2v) is 4.07. The van der Waals surface area contributed by atoms with E-state index in [9.17, 15) is 0 Å². The van der Waals surface area contributed by atoms with Gasteiger partial charge in [-0.15, -0.1) is 0 Å². The van der Waals surface area contributed by atoms with Crippen LogP contribution in [0.5, 0.6) is 5.75 Å². The van der Waals surface area contributed by atoms with Crippen LogP contribution in [-0.2, 0) is 0 Å². The van der Waals surface area contributed by atoms with Crippen LogP contribution >= 0.6 is 0 Å². The second kappa shape index (κ2) is 6.51. The van der Waals surface area contributed by atoms with E-state index in [-0.39, 0.29) is 12.1 Å². The lowest BCUT2D eigenvalue weighted by molar-refractivity contribution is 0.155. The van der Waals surface area contributed by atoms with Gasteiger partial charge in [0.05, 0.1) is 12.7 Å². The Balaban J connectivity index is 2.45. The van der Waals surface area contributed by atoms with E-state index in [0.29, 0.717) is 13.0 Å². The maximum Gasteiger partial charge on any atom is 0.119 e. The highest BCUT2D eigenvalue weighted by Gasteiger charge is 2.03. The first kappa shape index (κ1) is 13.0. The molecule has 0 aliphatic heterocycles. The highest BCUT2D eigenvalue weighted by molar-refractivity contribution is 5.28. The minimum absolute atomic E-state index is 0.103. The molecule has 3 heteroatoms. The van der Waals surface area contributed by atoms with Gasteiger partial charge in [0, 0.05) is 12.5 Å². The fourth-order valence-corrected chi connectivity index (χ4v) is 1.39. The van der Waals surface area contributed by atoms with E-state index < -0.39 is 0 Å². The molecule has 90 valence electrons. The van der Waals surface area contributed by atoms with Crippen LogP contribution < -0.4 is 10.5 Å². The van der Waals surface area contributed by atoms with Gasteiger partial charge in [-0.25, -0.2) is 0 Å².